The van der Waals surface area contributed by atoms with Crippen LogP contribution in [0.15, 0.2) is 0 Å². The van der Waals surface area contributed by atoms with Crippen molar-refractivity contribution in [2.24, 2.45) is 0 Å². The predicted molar refractivity (Wildman–Crippen MR) is 30.6 cm³/mol. The molecule has 0 aromatic rings. The van der Waals surface area contributed by atoms with Crippen LogP contribution in [0.4, 0.5) is 0 Å². The first-order valence-electron chi connectivity index (χ1n) is 2.04. The molecule has 0 aromatic carbocycles. The molecule has 2 N–H and O–H groups in total. The zero-order valence-corrected chi connectivity index (χ0v) is 5.38. The molecule has 1 aliphatic heterocycles. The fourth-order valence-corrected chi connectivity index (χ4v) is 0.799. The van der Waals surface area contributed by atoms with Crippen molar-refractivity contribution in [3.05, 3.63) is 0 Å². The Balaban J connectivity index is 2.56. The fourth-order valence-electron chi connectivity index (χ4n) is 0.455. The van der Waals surface area contributed by atoms with E-state index in [1.54, 1.807) is 0 Å². The highest BCUT2D eigenvalue weighted by molar-refractivity contribution is 6.49. The van der Waals surface area contributed by atoms with Crippen LogP contribution in [0.1, 0.15) is 0 Å². The van der Waals surface area contributed by atoms with E-state index in [0.29, 0.717) is 0 Å². The molecule has 8 heavy (non-hydrogen) atoms. The Morgan fingerprint density at radius 2 is 2.25 bits per heavy atom. The predicted octanol–water partition coefficient (Wildman–Crippen LogP) is -0.205. The van der Waals surface area contributed by atoms with Gasteiger partial charge in [0.15, 0.2) is 0 Å². The van der Waals surface area contributed by atoms with E-state index in [9.17, 15) is 4.79 Å². The minimum absolute atomic E-state index is 0.185. The molecule has 0 radical (unpaired) electrons. The summed E-state index contributed by atoms with van der Waals surface area (Å²) in [6, 6.07) is 0. The van der Waals surface area contributed by atoms with Crippen LogP contribution >= 0.6 is 23.2 Å². The third-order valence-corrected chi connectivity index (χ3v) is 1.22. The van der Waals surface area contributed by atoms with Crippen molar-refractivity contribution in [2.75, 3.05) is 6.54 Å². The summed E-state index contributed by atoms with van der Waals surface area (Å²) in [4.78, 5) is 10.3. The van der Waals surface area contributed by atoms with Crippen LogP contribution in [0.25, 0.3) is 0 Å². The zero-order valence-electron chi connectivity index (χ0n) is 3.87. The smallest absolute Gasteiger partial charge is 0.247 e. The first kappa shape index (κ1) is 6.13. The maximum Gasteiger partial charge on any atom is 0.247 e. The summed E-state index contributed by atoms with van der Waals surface area (Å²) in [6.45, 7) is 0.187. The Labute approximate surface area is 56.3 Å². The van der Waals surface area contributed by atoms with Crippen molar-refractivity contribution in [1.82, 2.24) is 10.6 Å². The van der Waals surface area contributed by atoms with Crippen LogP contribution in [0, 0.1) is 0 Å². The number of carbonyl (C=O) groups is 1. The normalized spacial score (nSPS) is 25.5. The van der Waals surface area contributed by atoms with E-state index in [-0.39, 0.29) is 12.5 Å². The van der Waals surface area contributed by atoms with Crippen molar-refractivity contribution in [3.63, 3.8) is 0 Å². The zero-order chi connectivity index (χ0) is 6.20. The second kappa shape index (κ2) is 1.76. The number of carbonyl (C=O) groups excluding carboxylic acids is 1. The van der Waals surface area contributed by atoms with Crippen LogP contribution in [-0.2, 0) is 4.79 Å². The molecule has 1 heterocycles. The Bertz CT molecular complexity index is 124. The van der Waals surface area contributed by atoms with E-state index in [2.05, 4.69) is 10.6 Å². The van der Waals surface area contributed by atoms with E-state index < -0.39 is 4.58 Å². The molecular weight excluding hydrogens is 151 g/mol. The van der Waals surface area contributed by atoms with Gasteiger partial charge in [-0.1, -0.05) is 23.2 Å². The second-order valence-electron chi connectivity index (χ2n) is 1.48. The molecule has 46 valence electrons. The maximum absolute atomic E-state index is 10.3. The molecule has 1 aliphatic rings. The van der Waals surface area contributed by atoms with Gasteiger partial charge in [-0.05, 0) is 0 Å². The summed E-state index contributed by atoms with van der Waals surface area (Å²) in [5, 5.41) is 4.79. The molecular formula is C3H4Cl2N2O. The third-order valence-electron chi connectivity index (χ3n) is 0.767. The topological polar surface area (TPSA) is 41.1 Å². The summed E-state index contributed by atoms with van der Waals surface area (Å²) in [5.41, 5.74) is 0. The van der Waals surface area contributed by atoms with Crippen LogP contribution in [0.3, 0.4) is 0 Å². The standard InChI is InChI=1S/C3H4Cl2N2O/c4-3(5)6-1-2(8)7-3/h6H,1H2,(H,7,8). The summed E-state index contributed by atoms with van der Waals surface area (Å²) in [5.74, 6) is -0.185. The van der Waals surface area contributed by atoms with Crippen molar-refractivity contribution < 1.29 is 4.79 Å². The summed E-state index contributed by atoms with van der Waals surface area (Å²) < 4.78 is -1.24. The van der Waals surface area contributed by atoms with Crippen LogP contribution in [0.2, 0.25) is 0 Å². The Kier molecular flexibility index (Phi) is 1.35. The molecule has 0 unspecified atom stereocenters. The van der Waals surface area contributed by atoms with Gasteiger partial charge in [-0.15, -0.1) is 0 Å². The van der Waals surface area contributed by atoms with Gasteiger partial charge in [0.25, 0.3) is 0 Å². The van der Waals surface area contributed by atoms with Gasteiger partial charge in [0.05, 0.1) is 6.54 Å². The lowest BCUT2D eigenvalue weighted by Crippen LogP contribution is -2.37. The summed E-state index contributed by atoms with van der Waals surface area (Å²) >= 11 is 10.8. The van der Waals surface area contributed by atoms with E-state index in [1.165, 1.54) is 0 Å². The van der Waals surface area contributed by atoms with Crippen LogP contribution < -0.4 is 10.6 Å². The maximum atomic E-state index is 10.3. The minimum Gasteiger partial charge on any atom is -0.311 e. The summed E-state index contributed by atoms with van der Waals surface area (Å²) in [6.07, 6.45) is 0. The summed E-state index contributed by atoms with van der Waals surface area (Å²) in [7, 11) is 0. The molecule has 1 saturated heterocycles. The van der Waals surface area contributed by atoms with Gasteiger partial charge in [-0.25, -0.2) is 0 Å². The third kappa shape index (κ3) is 1.24. The van der Waals surface area contributed by atoms with Gasteiger partial charge < -0.3 is 5.32 Å². The SMILES string of the molecule is O=C1CNC(Cl)(Cl)N1. The highest BCUT2D eigenvalue weighted by Gasteiger charge is 2.31. The molecule has 0 saturated carbocycles. The number of rotatable bonds is 0. The molecule has 3 nitrogen and oxygen atoms in total. The van der Waals surface area contributed by atoms with E-state index in [1.807, 2.05) is 0 Å². The van der Waals surface area contributed by atoms with Crippen molar-refractivity contribution >= 4 is 29.1 Å². The lowest BCUT2D eigenvalue weighted by Gasteiger charge is -2.09. The van der Waals surface area contributed by atoms with Gasteiger partial charge in [-0.2, -0.15) is 0 Å². The van der Waals surface area contributed by atoms with Gasteiger partial charge >= 0.3 is 0 Å². The highest BCUT2D eigenvalue weighted by atomic mass is 35.5. The monoisotopic (exact) mass is 154 g/mol. The van der Waals surface area contributed by atoms with Gasteiger partial charge in [0, 0.05) is 0 Å². The average molecular weight is 155 g/mol. The Morgan fingerprint density at radius 1 is 1.62 bits per heavy atom. The molecule has 0 aromatic heterocycles. The van der Waals surface area contributed by atoms with Crippen LogP contribution in [0.5, 0.6) is 0 Å². The fraction of sp³-hybridized carbons (Fsp3) is 0.667. The first-order chi connectivity index (χ1) is 3.60. The molecule has 1 rings (SSSR count). The minimum atomic E-state index is -1.24. The number of hydrogen-bond acceptors (Lipinski definition) is 2. The molecule has 1 amide bonds. The molecule has 0 bridgehead atoms. The number of halogens is 2. The van der Waals surface area contributed by atoms with Gasteiger partial charge in [0.2, 0.25) is 10.5 Å². The molecule has 1 fully saturated rings. The lowest BCUT2D eigenvalue weighted by atomic mass is 10.7. The number of nitrogens with one attached hydrogen (secondary N) is 2. The Morgan fingerprint density at radius 3 is 2.38 bits per heavy atom. The molecule has 0 aliphatic carbocycles. The first-order valence-corrected chi connectivity index (χ1v) is 2.80. The lowest BCUT2D eigenvalue weighted by molar-refractivity contribution is -0.118. The molecule has 5 heteroatoms. The molecule has 0 spiro atoms. The number of hydrogen-bond donors (Lipinski definition) is 2. The average Bonchev–Trinajstić information content (AvgIpc) is 1.82. The quantitative estimate of drug-likeness (QED) is 0.375. The van der Waals surface area contributed by atoms with E-state index in [0.717, 1.165) is 0 Å². The largest absolute Gasteiger partial charge is 0.311 e. The van der Waals surface area contributed by atoms with Crippen molar-refractivity contribution in [1.29, 1.82) is 0 Å². The van der Waals surface area contributed by atoms with Gasteiger partial charge in [-0.3, -0.25) is 10.1 Å². The number of alkyl halides is 2. The second-order valence-corrected chi connectivity index (χ2v) is 2.80. The Hall–Kier alpha value is 0.01000. The van der Waals surface area contributed by atoms with Gasteiger partial charge in [0.1, 0.15) is 0 Å². The molecule has 0 atom stereocenters. The van der Waals surface area contributed by atoms with Crippen LogP contribution in [-0.4, -0.2) is 17.0 Å². The van der Waals surface area contributed by atoms with Crippen molar-refractivity contribution in [3.8, 4) is 0 Å². The number of amides is 1. The van der Waals surface area contributed by atoms with E-state index >= 15 is 0 Å². The van der Waals surface area contributed by atoms with E-state index in [4.69, 9.17) is 23.2 Å². The highest BCUT2D eigenvalue weighted by Crippen LogP contribution is 2.14. The van der Waals surface area contributed by atoms with Crippen molar-refractivity contribution in [2.45, 2.75) is 4.58 Å².